The maximum atomic E-state index is 12.2. The summed E-state index contributed by atoms with van der Waals surface area (Å²) in [5.74, 6) is 0.478. The van der Waals surface area contributed by atoms with Gasteiger partial charge in [0.1, 0.15) is 0 Å². The molecule has 0 saturated heterocycles. The van der Waals surface area contributed by atoms with Crippen LogP contribution in [-0.2, 0) is 6.54 Å². The summed E-state index contributed by atoms with van der Waals surface area (Å²) >= 11 is 0. The van der Waals surface area contributed by atoms with E-state index in [4.69, 9.17) is 15.2 Å². The van der Waals surface area contributed by atoms with Crippen LogP contribution in [0.3, 0.4) is 0 Å². The summed E-state index contributed by atoms with van der Waals surface area (Å²) in [5, 5.41) is 2.88. The van der Waals surface area contributed by atoms with E-state index in [2.05, 4.69) is 16.9 Å². The van der Waals surface area contributed by atoms with Crippen LogP contribution in [0.15, 0.2) is 35.3 Å². The lowest BCUT2D eigenvalue weighted by Crippen LogP contribution is -2.32. The molecule has 0 bridgehead atoms. The van der Waals surface area contributed by atoms with Gasteiger partial charge in [-0.3, -0.25) is 0 Å². The molecular weight excluding hydrogens is 311 g/mol. The van der Waals surface area contributed by atoms with E-state index in [0.717, 1.165) is 11.1 Å². The Bertz CT molecular complexity index is 572. The monoisotopic (exact) mass is 331 g/mol. The average Bonchev–Trinajstić information content (AvgIpc) is 2.48. The highest BCUT2D eigenvalue weighted by Gasteiger charge is 2.29. The number of nitrogens with two attached hydrogens (primary N) is 1. The third-order valence-corrected chi connectivity index (χ3v) is 2.62. The molecule has 0 fully saturated rings. The number of benzene rings is 1. The Kier molecular flexibility index (Phi) is 6.74. The van der Waals surface area contributed by atoms with E-state index >= 15 is 0 Å². The van der Waals surface area contributed by atoms with Crippen LogP contribution in [0.25, 0.3) is 0 Å². The number of halogens is 3. The third kappa shape index (κ3) is 7.44. The van der Waals surface area contributed by atoms with Crippen LogP contribution in [0, 0.1) is 0 Å². The van der Waals surface area contributed by atoms with Gasteiger partial charge in [-0.25, -0.2) is 4.99 Å². The Balaban J connectivity index is 2.71. The zero-order chi connectivity index (χ0) is 17.5. The van der Waals surface area contributed by atoms with Gasteiger partial charge in [0.05, 0.1) is 13.7 Å². The summed E-state index contributed by atoms with van der Waals surface area (Å²) in [6.45, 7) is 4.98. The van der Waals surface area contributed by atoms with Crippen LogP contribution < -0.4 is 20.5 Å². The average molecular weight is 331 g/mol. The van der Waals surface area contributed by atoms with E-state index in [-0.39, 0.29) is 24.0 Å². The molecule has 0 aliphatic heterocycles. The maximum Gasteiger partial charge on any atom is 0.422 e. The number of methoxy groups -OCH3 is 1. The van der Waals surface area contributed by atoms with Gasteiger partial charge >= 0.3 is 6.18 Å². The predicted molar refractivity (Wildman–Crippen MR) is 82.7 cm³/mol. The molecule has 0 heterocycles. The molecule has 0 aliphatic carbocycles. The number of nitrogens with one attached hydrogen (secondary N) is 1. The first-order valence-electron chi connectivity index (χ1n) is 6.76. The minimum absolute atomic E-state index is 0.0194. The molecule has 23 heavy (non-hydrogen) atoms. The largest absolute Gasteiger partial charge is 0.493 e. The molecule has 0 unspecified atom stereocenters. The Morgan fingerprint density at radius 3 is 2.61 bits per heavy atom. The van der Waals surface area contributed by atoms with E-state index in [1.807, 2.05) is 6.92 Å². The van der Waals surface area contributed by atoms with Crippen molar-refractivity contribution in [3.63, 3.8) is 0 Å². The van der Waals surface area contributed by atoms with E-state index in [1.54, 1.807) is 12.1 Å². The predicted octanol–water partition coefficient (Wildman–Crippen LogP) is 2.62. The van der Waals surface area contributed by atoms with Crippen molar-refractivity contribution in [1.82, 2.24) is 5.32 Å². The molecule has 1 rings (SSSR count). The first kappa shape index (κ1) is 18.7. The number of alkyl halides is 3. The van der Waals surface area contributed by atoms with Gasteiger partial charge in [0, 0.05) is 6.54 Å². The normalized spacial score (nSPS) is 12.0. The summed E-state index contributed by atoms with van der Waals surface area (Å²) in [5.41, 5.74) is 7.32. The van der Waals surface area contributed by atoms with Gasteiger partial charge < -0.3 is 20.5 Å². The smallest absolute Gasteiger partial charge is 0.422 e. The highest BCUT2D eigenvalue weighted by Crippen LogP contribution is 2.30. The van der Waals surface area contributed by atoms with Crippen molar-refractivity contribution in [2.24, 2.45) is 10.7 Å². The van der Waals surface area contributed by atoms with Gasteiger partial charge in [-0.05, 0) is 24.6 Å². The summed E-state index contributed by atoms with van der Waals surface area (Å²) in [7, 11) is 1.35. The standard InChI is InChI=1S/C15H20F3N3O2/c1-10(2)7-20-14(19)21-8-11-4-5-12(13(6-11)22-3)23-9-15(16,17)18/h4-6H,1,7-9H2,2-3H3,(H3,19,20,21). The van der Waals surface area contributed by atoms with Crippen LogP contribution in [0.1, 0.15) is 12.5 Å². The molecule has 0 atom stereocenters. The van der Waals surface area contributed by atoms with E-state index in [0.29, 0.717) is 6.54 Å². The van der Waals surface area contributed by atoms with Crippen molar-refractivity contribution in [3.05, 3.63) is 35.9 Å². The van der Waals surface area contributed by atoms with Gasteiger partial charge in [-0.2, -0.15) is 13.2 Å². The summed E-state index contributed by atoms with van der Waals surface area (Å²) in [6, 6.07) is 4.57. The first-order chi connectivity index (χ1) is 10.7. The number of rotatable bonds is 7. The molecular formula is C15H20F3N3O2. The van der Waals surface area contributed by atoms with Gasteiger partial charge in [-0.15, -0.1) is 0 Å². The molecule has 5 nitrogen and oxygen atoms in total. The van der Waals surface area contributed by atoms with E-state index in [9.17, 15) is 13.2 Å². The number of aliphatic imine (C=N–C) groups is 1. The third-order valence-electron chi connectivity index (χ3n) is 2.62. The Morgan fingerprint density at radius 2 is 2.04 bits per heavy atom. The lowest BCUT2D eigenvalue weighted by Gasteiger charge is -2.13. The molecule has 0 spiro atoms. The van der Waals surface area contributed by atoms with Gasteiger partial charge in [0.15, 0.2) is 24.1 Å². The minimum atomic E-state index is -4.41. The second kappa shape index (κ2) is 8.30. The number of ether oxygens (including phenoxy) is 2. The lowest BCUT2D eigenvalue weighted by molar-refractivity contribution is -0.153. The molecule has 3 N–H and O–H groups in total. The van der Waals surface area contributed by atoms with Crippen molar-refractivity contribution in [2.75, 3.05) is 20.3 Å². The fraction of sp³-hybridized carbons (Fsp3) is 0.400. The second-order valence-corrected chi connectivity index (χ2v) is 4.90. The molecule has 0 saturated carbocycles. The molecule has 1 aromatic carbocycles. The highest BCUT2D eigenvalue weighted by atomic mass is 19.4. The molecule has 0 aromatic heterocycles. The Labute approximate surface area is 133 Å². The van der Waals surface area contributed by atoms with Crippen LogP contribution in [-0.4, -0.2) is 32.4 Å². The van der Waals surface area contributed by atoms with Crippen LogP contribution in [0.4, 0.5) is 13.2 Å². The van der Waals surface area contributed by atoms with Gasteiger partial charge in [0.2, 0.25) is 0 Å². The molecule has 0 amide bonds. The van der Waals surface area contributed by atoms with Crippen LogP contribution in [0.2, 0.25) is 0 Å². The molecule has 0 aliphatic rings. The fourth-order valence-electron chi connectivity index (χ4n) is 1.56. The molecule has 1 aromatic rings. The Hall–Kier alpha value is -2.38. The minimum Gasteiger partial charge on any atom is -0.493 e. The summed E-state index contributed by atoms with van der Waals surface area (Å²) < 4.78 is 46.3. The van der Waals surface area contributed by atoms with Crippen molar-refractivity contribution < 1.29 is 22.6 Å². The topological polar surface area (TPSA) is 68.9 Å². The van der Waals surface area contributed by atoms with Crippen LogP contribution >= 0.6 is 0 Å². The highest BCUT2D eigenvalue weighted by molar-refractivity contribution is 5.78. The number of hydrogen-bond donors (Lipinski definition) is 2. The second-order valence-electron chi connectivity index (χ2n) is 4.90. The maximum absolute atomic E-state index is 12.2. The number of hydrogen-bond acceptors (Lipinski definition) is 3. The van der Waals surface area contributed by atoms with Crippen molar-refractivity contribution in [2.45, 2.75) is 19.6 Å². The zero-order valence-electron chi connectivity index (χ0n) is 13.0. The summed E-state index contributed by atoms with van der Waals surface area (Å²) in [4.78, 5) is 4.12. The lowest BCUT2D eigenvalue weighted by atomic mass is 10.2. The van der Waals surface area contributed by atoms with E-state index in [1.165, 1.54) is 13.2 Å². The molecule has 0 radical (unpaired) electrons. The molecule has 128 valence electrons. The zero-order valence-corrected chi connectivity index (χ0v) is 13.0. The van der Waals surface area contributed by atoms with Gasteiger partial charge in [0.25, 0.3) is 0 Å². The quantitative estimate of drug-likeness (QED) is 0.458. The SMILES string of the molecule is C=C(C)CNC(N)=NCc1ccc(OCC(F)(F)F)c(OC)c1. The van der Waals surface area contributed by atoms with Gasteiger partial charge in [-0.1, -0.05) is 18.2 Å². The first-order valence-corrected chi connectivity index (χ1v) is 6.76. The Morgan fingerprint density at radius 1 is 1.35 bits per heavy atom. The summed E-state index contributed by atoms with van der Waals surface area (Å²) in [6.07, 6.45) is -4.41. The number of guanidine groups is 1. The van der Waals surface area contributed by atoms with E-state index < -0.39 is 12.8 Å². The fourth-order valence-corrected chi connectivity index (χ4v) is 1.56. The van der Waals surface area contributed by atoms with Crippen molar-refractivity contribution in [1.29, 1.82) is 0 Å². The number of nitrogens with zero attached hydrogens (tertiary/aromatic N) is 1. The van der Waals surface area contributed by atoms with Crippen molar-refractivity contribution in [3.8, 4) is 11.5 Å². The van der Waals surface area contributed by atoms with Crippen LogP contribution in [0.5, 0.6) is 11.5 Å². The van der Waals surface area contributed by atoms with Crippen molar-refractivity contribution >= 4 is 5.96 Å². The molecule has 8 heteroatoms.